The highest BCUT2D eigenvalue weighted by molar-refractivity contribution is 5.88. The summed E-state index contributed by atoms with van der Waals surface area (Å²) in [6.45, 7) is 1.30. The second-order valence-electron chi connectivity index (χ2n) is 4.35. The minimum Gasteiger partial charge on any atom is -0.478 e. The summed E-state index contributed by atoms with van der Waals surface area (Å²) in [5.74, 6) is -0.937. The summed E-state index contributed by atoms with van der Waals surface area (Å²) in [5, 5.41) is 16.3. The molecule has 1 aromatic heterocycles. The fourth-order valence-corrected chi connectivity index (χ4v) is 1.94. The first-order valence-electron chi connectivity index (χ1n) is 6.17. The summed E-state index contributed by atoms with van der Waals surface area (Å²) in [6, 6.07) is 10.2. The standard InChI is InChI=1S/C14H17N3O2/c1-17-13(12(9-16-17)14(18)19)10-15-8-7-11-5-3-2-4-6-11/h2-6,9,15H,7-8,10H2,1H3,(H,18,19). The summed E-state index contributed by atoms with van der Waals surface area (Å²) in [5.41, 5.74) is 2.22. The van der Waals surface area contributed by atoms with Crippen molar-refractivity contribution in [2.75, 3.05) is 6.54 Å². The number of carboxylic acid groups (broad SMARTS) is 1. The van der Waals surface area contributed by atoms with Gasteiger partial charge in [-0.1, -0.05) is 30.3 Å². The van der Waals surface area contributed by atoms with Gasteiger partial charge in [-0.2, -0.15) is 5.10 Å². The second-order valence-corrected chi connectivity index (χ2v) is 4.35. The van der Waals surface area contributed by atoms with Crippen LogP contribution in [0.15, 0.2) is 36.5 Å². The maximum Gasteiger partial charge on any atom is 0.339 e. The Kier molecular flexibility index (Phi) is 4.30. The van der Waals surface area contributed by atoms with E-state index in [1.807, 2.05) is 18.2 Å². The van der Waals surface area contributed by atoms with Crippen molar-refractivity contribution >= 4 is 5.97 Å². The van der Waals surface area contributed by atoms with Crippen LogP contribution in [0.5, 0.6) is 0 Å². The predicted octanol–water partition coefficient (Wildman–Crippen LogP) is 1.45. The summed E-state index contributed by atoms with van der Waals surface area (Å²) >= 11 is 0. The van der Waals surface area contributed by atoms with Gasteiger partial charge >= 0.3 is 5.97 Å². The van der Waals surface area contributed by atoms with Crippen molar-refractivity contribution in [2.45, 2.75) is 13.0 Å². The number of rotatable bonds is 6. The molecule has 2 aromatic rings. The van der Waals surface area contributed by atoms with Crippen LogP contribution in [0, 0.1) is 0 Å². The fraction of sp³-hybridized carbons (Fsp3) is 0.286. The number of hydrogen-bond acceptors (Lipinski definition) is 3. The fourth-order valence-electron chi connectivity index (χ4n) is 1.94. The molecule has 0 aliphatic rings. The van der Waals surface area contributed by atoms with E-state index in [2.05, 4.69) is 22.5 Å². The predicted molar refractivity (Wildman–Crippen MR) is 72.0 cm³/mol. The van der Waals surface area contributed by atoms with Crippen LogP contribution >= 0.6 is 0 Å². The number of aryl methyl sites for hydroxylation is 1. The Bertz CT molecular complexity index is 549. The lowest BCUT2D eigenvalue weighted by atomic mass is 10.1. The van der Waals surface area contributed by atoms with Gasteiger partial charge in [-0.25, -0.2) is 4.79 Å². The topological polar surface area (TPSA) is 67.2 Å². The van der Waals surface area contributed by atoms with Crippen LogP contribution in [0.4, 0.5) is 0 Å². The Hall–Kier alpha value is -2.14. The van der Waals surface area contributed by atoms with Crippen molar-refractivity contribution in [3.63, 3.8) is 0 Å². The van der Waals surface area contributed by atoms with E-state index >= 15 is 0 Å². The third kappa shape index (κ3) is 3.42. The average molecular weight is 259 g/mol. The van der Waals surface area contributed by atoms with Crippen LogP contribution in [0.3, 0.4) is 0 Å². The quantitative estimate of drug-likeness (QED) is 0.771. The van der Waals surface area contributed by atoms with Crippen LogP contribution in [0.1, 0.15) is 21.6 Å². The lowest BCUT2D eigenvalue weighted by Crippen LogP contribution is -2.20. The zero-order valence-corrected chi connectivity index (χ0v) is 10.8. The molecule has 0 aliphatic heterocycles. The molecule has 0 saturated carbocycles. The van der Waals surface area contributed by atoms with Gasteiger partial charge in [-0.15, -0.1) is 0 Å². The molecule has 0 bridgehead atoms. The van der Waals surface area contributed by atoms with Gasteiger partial charge < -0.3 is 10.4 Å². The minimum absolute atomic E-state index is 0.259. The Morgan fingerprint density at radius 3 is 2.79 bits per heavy atom. The van der Waals surface area contributed by atoms with Crippen molar-refractivity contribution in [3.8, 4) is 0 Å². The van der Waals surface area contributed by atoms with E-state index in [0.717, 1.165) is 13.0 Å². The third-order valence-electron chi connectivity index (χ3n) is 3.02. The molecule has 2 rings (SSSR count). The van der Waals surface area contributed by atoms with Gasteiger partial charge in [-0.3, -0.25) is 4.68 Å². The third-order valence-corrected chi connectivity index (χ3v) is 3.02. The molecule has 2 N–H and O–H groups in total. The zero-order chi connectivity index (χ0) is 13.7. The number of nitrogens with zero attached hydrogens (tertiary/aromatic N) is 2. The van der Waals surface area contributed by atoms with Gasteiger partial charge in [0.15, 0.2) is 0 Å². The highest BCUT2D eigenvalue weighted by Gasteiger charge is 2.13. The van der Waals surface area contributed by atoms with E-state index in [0.29, 0.717) is 12.2 Å². The average Bonchev–Trinajstić information content (AvgIpc) is 2.77. The highest BCUT2D eigenvalue weighted by atomic mass is 16.4. The molecule has 1 aromatic carbocycles. The lowest BCUT2D eigenvalue weighted by molar-refractivity contribution is 0.0695. The molecule has 100 valence electrons. The van der Waals surface area contributed by atoms with Crippen LogP contribution in [-0.2, 0) is 20.0 Å². The number of aromatic carboxylic acids is 1. The van der Waals surface area contributed by atoms with Gasteiger partial charge in [-0.05, 0) is 18.5 Å². The van der Waals surface area contributed by atoms with Gasteiger partial charge in [0.2, 0.25) is 0 Å². The van der Waals surface area contributed by atoms with Crippen LogP contribution in [-0.4, -0.2) is 27.4 Å². The highest BCUT2D eigenvalue weighted by Crippen LogP contribution is 2.07. The van der Waals surface area contributed by atoms with Crippen molar-refractivity contribution in [1.29, 1.82) is 0 Å². The van der Waals surface area contributed by atoms with E-state index in [9.17, 15) is 4.79 Å². The van der Waals surface area contributed by atoms with E-state index in [1.54, 1.807) is 11.7 Å². The minimum atomic E-state index is -0.937. The SMILES string of the molecule is Cn1ncc(C(=O)O)c1CNCCc1ccccc1. The first kappa shape index (κ1) is 13.3. The second kappa shape index (κ2) is 6.15. The molecule has 1 heterocycles. The molecule has 0 saturated heterocycles. The molecule has 5 heteroatoms. The molecule has 0 unspecified atom stereocenters. The number of carbonyl (C=O) groups is 1. The molecule has 19 heavy (non-hydrogen) atoms. The van der Waals surface area contributed by atoms with Gasteiger partial charge in [0.25, 0.3) is 0 Å². The summed E-state index contributed by atoms with van der Waals surface area (Å²) in [4.78, 5) is 11.0. The number of aromatic nitrogens is 2. The van der Waals surface area contributed by atoms with Crippen LogP contribution in [0.25, 0.3) is 0 Å². The number of nitrogens with one attached hydrogen (secondary N) is 1. The van der Waals surface area contributed by atoms with E-state index in [-0.39, 0.29) is 5.56 Å². The van der Waals surface area contributed by atoms with E-state index in [1.165, 1.54) is 11.8 Å². The Morgan fingerprint density at radius 1 is 1.37 bits per heavy atom. The summed E-state index contributed by atoms with van der Waals surface area (Å²) in [6.07, 6.45) is 2.30. The van der Waals surface area contributed by atoms with Crippen molar-refractivity contribution in [2.24, 2.45) is 7.05 Å². The van der Waals surface area contributed by atoms with Crippen LogP contribution < -0.4 is 5.32 Å². The zero-order valence-electron chi connectivity index (χ0n) is 10.8. The maximum absolute atomic E-state index is 11.0. The number of benzene rings is 1. The first-order valence-corrected chi connectivity index (χ1v) is 6.17. The molecule has 0 atom stereocenters. The van der Waals surface area contributed by atoms with E-state index < -0.39 is 5.97 Å². The molecule has 0 radical (unpaired) electrons. The monoisotopic (exact) mass is 259 g/mol. The van der Waals surface area contributed by atoms with E-state index in [4.69, 9.17) is 5.11 Å². The maximum atomic E-state index is 11.0. The molecule has 5 nitrogen and oxygen atoms in total. The molecule has 0 amide bonds. The Morgan fingerprint density at radius 2 is 2.11 bits per heavy atom. The smallest absolute Gasteiger partial charge is 0.339 e. The summed E-state index contributed by atoms with van der Waals surface area (Å²) < 4.78 is 1.60. The van der Waals surface area contributed by atoms with Gasteiger partial charge in [0.05, 0.1) is 11.9 Å². The first-order chi connectivity index (χ1) is 9.18. The Labute approximate surface area is 111 Å². The molecule has 0 aliphatic carbocycles. The number of hydrogen-bond donors (Lipinski definition) is 2. The normalized spacial score (nSPS) is 10.6. The van der Waals surface area contributed by atoms with Crippen LogP contribution in [0.2, 0.25) is 0 Å². The molecular weight excluding hydrogens is 242 g/mol. The van der Waals surface area contributed by atoms with Crippen molar-refractivity contribution in [1.82, 2.24) is 15.1 Å². The summed E-state index contributed by atoms with van der Waals surface area (Å²) in [7, 11) is 1.75. The molecular formula is C14H17N3O2. The number of carboxylic acids is 1. The largest absolute Gasteiger partial charge is 0.478 e. The van der Waals surface area contributed by atoms with Crippen molar-refractivity contribution < 1.29 is 9.90 Å². The van der Waals surface area contributed by atoms with Crippen molar-refractivity contribution in [3.05, 3.63) is 53.3 Å². The Balaban J connectivity index is 1.86. The van der Waals surface area contributed by atoms with Gasteiger partial charge in [0.1, 0.15) is 5.56 Å². The lowest BCUT2D eigenvalue weighted by Gasteiger charge is -2.06. The molecule has 0 spiro atoms. The molecule has 0 fully saturated rings. The van der Waals surface area contributed by atoms with Gasteiger partial charge in [0, 0.05) is 13.6 Å².